The highest BCUT2D eigenvalue weighted by Crippen LogP contribution is 2.45. The van der Waals surface area contributed by atoms with Crippen LogP contribution in [0.4, 0.5) is 0 Å². The third-order valence-electron chi connectivity index (χ3n) is 11.8. The first-order valence-electron chi connectivity index (χ1n) is 20.7. The van der Waals surface area contributed by atoms with Gasteiger partial charge in [0.2, 0.25) is 0 Å². The molecule has 0 radical (unpaired) electrons. The molecule has 0 aliphatic rings. The van der Waals surface area contributed by atoms with Gasteiger partial charge in [-0.15, -0.1) is 22.7 Å². The summed E-state index contributed by atoms with van der Waals surface area (Å²) in [5, 5.41) is 5.68. The summed E-state index contributed by atoms with van der Waals surface area (Å²) in [7, 11) is 0. The Morgan fingerprint density at radius 1 is 0.349 bits per heavy atom. The van der Waals surface area contributed by atoms with Crippen LogP contribution >= 0.6 is 22.7 Å². The zero-order chi connectivity index (χ0) is 41.4. The fraction of sp³-hybridized carbons (Fsp3) is 0. The molecule has 0 saturated heterocycles. The van der Waals surface area contributed by atoms with Gasteiger partial charge in [0.1, 0.15) is 16.8 Å². The van der Waals surface area contributed by atoms with Crippen LogP contribution in [0.3, 0.4) is 0 Å². The summed E-state index contributed by atoms with van der Waals surface area (Å²) in [5.74, 6) is 2.49. The molecule has 0 saturated carbocycles. The molecule has 13 rings (SSSR count). The number of hydrogen-bond acceptors (Lipinski definition) is 8. The predicted octanol–water partition coefficient (Wildman–Crippen LogP) is 15.3. The summed E-state index contributed by atoms with van der Waals surface area (Å²) in [6.45, 7) is 0. The summed E-state index contributed by atoms with van der Waals surface area (Å²) in [6, 6.07) is 65.0. The Morgan fingerprint density at radius 3 is 1.76 bits per heavy atom. The highest BCUT2D eigenvalue weighted by atomic mass is 32.1. The van der Waals surface area contributed by atoms with Gasteiger partial charge in [0, 0.05) is 73.5 Å². The lowest BCUT2D eigenvalue weighted by Gasteiger charge is -2.11. The van der Waals surface area contributed by atoms with Crippen molar-refractivity contribution in [1.29, 1.82) is 0 Å². The molecule has 0 unspecified atom stereocenters. The summed E-state index contributed by atoms with van der Waals surface area (Å²) in [4.78, 5) is 26.2. The highest BCUT2D eigenvalue weighted by Gasteiger charge is 2.22. The molecule has 0 fully saturated rings. The second-order valence-electron chi connectivity index (χ2n) is 15.5. The van der Waals surface area contributed by atoms with E-state index in [-0.39, 0.29) is 0 Å². The number of rotatable bonds is 6. The van der Waals surface area contributed by atoms with Crippen molar-refractivity contribution in [3.8, 4) is 67.9 Å². The number of fused-ring (bicyclic) bond motifs is 9. The maximum absolute atomic E-state index is 6.43. The minimum Gasteiger partial charge on any atom is -0.452 e. The van der Waals surface area contributed by atoms with Crippen LogP contribution in [-0.2, 0) is 0 Å². The summed E-state index contributed by atoms with van der Waals surface area (Å²) in [6.07, 6.45) is 0. The Labute approximate surface area is 368 Å². The molecule has 5 heterocycles. The van der Waals surface area contributed by atoms with E-state index in [1.807, 2.05) is 65.9 Å². The maximum atomic E-state index is 6.43. The predicted molar refractivity (Wildman–Crippen MR) is 261 cm³/mol. The molecule has 63 heavy (non-hydrogen) atoms. The Balaban J connectivity index is 0.995. The third kappa shape index (κ3) is 5.87. The van der Waals surface area contributed by atoms with Gasteiger partial charge in [0.25, 0.3) is 0 Å². The number of thiophene rings is 2. The van der Waals surface area contributed by atoms with Gasteiger partial charge in [0.15, 0.2) is 28.9 Å². The smallest absolute Gasteiger partial charge is 0.180 e. The Kier molecular flexibility index (Phi) is 8.15. The topological polar surface area (TPSA) is 77.6 Å². The molecule has 0 aliphatic carbocycles. The van der Waals surface area contributed by atoms with E-state index in [0.29, 0.717) is 28.9 Å². The van der Waals surface area contributed by atoms with E-state index in [9.17, 15) is 0 Å². The molecule has 13 aromatic rings. The van der Waals surface area contributed by atoms with E-state index in [0.717, 1.165) is 75.7 Å². The largest absolute Gasteiger partial charge is 0.452 e. The molecule has 0 amide bonds. The van der Waals surface area contributed by atoms with E-state index < -0.39 is 0 Å². The van der Waals surface area contributed by atoms with Crippen molar-refractivity contribution >= 4 is 85.1 Å². The number of hydrogen-bond donors (Lipinski definition) is 0. The van der Waals surface area contributed by atoms with E-state index >= 15 is 0 Å². The molecule has 8 aromatic carbocycles. The zero-order valence-corrected chi connectivity index (χ0v) is 35.0. The van der Waals surface area contributed by atoms with Crippen LogP contribution in [0.2, 0.25) is 0 Å². The number of benzene rings is 8. The average molecular weight is 842 g/mol. The van der Waals surface area contributed by atoms with Gasteiger partial charge in [-0.25, -0.2) is 24.9 Å². The normalized spacial score (nSPS) is 11.8. The molecule has 0 N–H and O–H groups in total. The van der Waals surface area contributed by atoms with Crippen LogP contribution in [0, 0.1) is 0 Å². The SMILES string of the molecule is c1ccc(-c2nc(-c3cccc(-c4cccc5c4sc4ccccc45)c3)nc(-c3cccc4sc5c(-c6nc(-c7ccccc7)c7oc8ccccc8c7n6)cccc5c34)n2)cc1. The fourth-order valence-corrected chi connectivity index (χ4v) is 11.3. The second kappa shape index (κ2) is 14.3. The van der Waals surface area contributed by atoms with Crippen LogP contribution in [0.15, 0.2) is 192 Å². The van der Waals surface area contributed by atoms with E-state index in [1.54, 1.807) is 11.3 Å². The Hall–Kier alpha value is -7.91. The molecule has 6 nitrogen and oxygen atoms in total. The van der Waals surface area contributed by atoms with Gasteiger partial charge < -0.3 is 4.42 Å². The summed E-state index contributed by atoms with van der Waals surface area (Å²) in [5.41, 5.74) is 10.0. The van der Waals surface area contributed by atoms with E-state index in [1.165, 1.54) is 25.7 Å². The van der Waals surface area contributed by atoms with Crippen molar-refractivity contribution in [2.75, 3.05) is 0 Å². The fourth-order valence-electron chi connectivity index (χ4n) is 8.86. The van der Waals surface area contributed by atoms with Crippen LogP contribution in [-0.4, -0.2) is 24.9 Å². The molecule has 8 heteroatoms. The minimum absolute atomic E-state index is 0.612. The zero-order valence-electron chi connectivity index (χ0n) is 33.4. The van der Waals surface area contributed by atoms with Gasteiger partial charge in [-0.1, -0.05) is 152 Å². The van der Waals surface area contributed by atoms with Crippen LogP contribution < -0.4 is 0 Å². The first-order valence-corrected chi connectivity index (χ1v) is 22.4. The molecule has 5 aromatic heterocycles. The maximum Gasteiger partial charge on any atom is 0.180 e. The number of para-hydroxylation sites is 1. The quantitative estimate of drug-likeness (QED) is 0.166. The Bertz CT molecular complexity index is 3930. The summed E-state index contributed by atoms with van der Waals surface area (Å²) >= 11 is 3.57. The van der Waals surface area contributed by atoms with Crippen molar-refractivity contribution in [2.24, 2.45) is 0 Å². The standard InChI is InChI=1S/C55H31N5OS2/c1-3-15-32(16-4-1)47-49-48(39-22-7-9-28-43(39)61-49)57-55(56-47)42-27-13-25-40-46-41(26-14-30-45(46)63-51(40)42)54-59-52(33-17-5-2-6-18-33)58-53(60-54)35-20-11-19-34(31-35)36-23-12-24-38-37-21-8-10-29-44(37)62-50(36)38/h1-31H. The monoisotopic (exact) mass is 841 g/mol. The van der Waals surface area contributed by atoms with Crippen LogP contribution in [0.1, 0.15) is 0 Å². The average Bonchev–Trinajstić information content (AvgIpc) is 4.06. The molecule has 0 bridgehead atoms. The molecule has 0 atom stereocenters. The van der Waals surface area contributed by atoms with E-state index in [2.05, 4.69) is 133 Å². The van der Waals surface area contributed by atoms with Crippen molar-refractivity contribution in [1.82, 2.24) is 24.9 Å². The first-order chi connectivity index (χ1) is 31.2. The third-order valence-corrected chi connectivity index (χ3v) is 14.2. The van der Waals surface area contributed by atoms with Crippen LogP contribution in [0.5, 0.6) is 0 Å². The first kappa shape index (κ1) is 35.8. The highest BCUT2D eigenvalue weighted by molar-refractivity contribution is 7.26. The molecule has 294 valence electrons. The van der Waals surface area contributed by atoms with E-state index in [4.69, 9.17) is 29.3 Å². The molecular formula is C55H31N5OS2. The number of furan rings is 1. The van der Waals surface area contributed by atoms with Crippen molar-refractivity contribution in [2.45, 2.75) is 0 Å². The Morgan fingerprint density at radius 2 is 0.905 bits per heavy atom. The van der Waals surface area contributed by atoms with Crippen LogP contribution in [0.25, 0.3) is 130 Å². The van der Waals surface area contributed by atoms with Crippen molar-refractivity contribution in [3.63, 3.8) is 0 Å². The molecule has 0 aliphatic heterocycles. The van der Waals surface area contributed by atoms with Crippen molar-refractivity contribution in [3.05, 3.63) is 188 Å². The van der Waals surface area contributed by atoms with Gasteiger partial charge >= 0.3 is 0 Å². The van der Waals surface area contributed by atoms with Gasteiger partial charge in [-0.2, -0.15) is 0 Å². The summed E-state index contributed by atoms with van der Waals surface area (Å²) < 4.78 is 11.2. The van der Waals surface area contributed by atoms with Gasteiger partial charge in [0.05, 0.1) is 0 Å². The van der Waals surface area contributed by atoms with Gasteiger partial charge in [-0.3, -0.25) is 0 Å². The van der Waals surface area contributed by atoms with Crippen molar-refractivity contribution < 1.29 is 4.42 Å². The lowest BCUT2D eigenvalue weighted by Crippen LogP contribution is -2.00. The second-order valence-corrected chi connectivity index (χ2v) is 17.6. The number of aromatic nitrogens is 5. The van der Waals surface area contributed by atoms with Gasteiger partial charge in [-0.05, 0) is 47.5 Å². The molecular weight excluding hydrogens is 811 g/mol. The lowest BCUT2D eigenvalue weighted by atomic mass is 10.0. The molecule has 0 spiro atoms. The minimum atomic E-state index is 0.612. The number of nitrogens with zero attached hydrogens (tertiary/aromatic N) is 5. The lowest BCUT2D eigenvalue weighted by molar-refractivity contribution is 0.667.